The van der Waals surface area contributed by atoms with Crippen molar-refractivity contribution in [1.29, 1.82) is 0 Å². The molecule has 0 bridgehead atoms. The molecule has 1 fully saturated rings. The fourth-order valence-corrected chi connectivity index (χ4v) is 2.59. The molecule has 1 aromatic carbocycles. The summed E-state index contributed by atoms with van der Waals surface area (Å²) in [5.74, 6) is 0.838. The summed E-state index contributed by atoms with van der Waals surface area (Å²) in [4.78, 5) is 4.30. The molecular weight excluding hydrogens is 240 g/mol. The highest BCUT2D eigenvalue weighted by molar-refractivity contribution is 5.87. The van der Waals surface area contributed by atoms with Gasteiger partial charge in [-0.1, -0.05) is 6.07 Å². The minimum Gasteiger partial charge on any atom is -0.508 e. The van der Waals surface area contributed by atoms with Gasteiger partial charge in [0.2, 0.25) is 5.88 Å². The van der Waals surface area contributed by atoms with Crippen LogP contribution in [0.3, 0.4) is 0 Å². The van der Waals surface area contributed by atoms with Crippen LogP contribution >= 0.6 is 0 Å². The van der Waals surface area contributed by atoms with E-state index in [1.807, 2.05) is 12.1 Å². The lowest BCUT2D eigenvalue weighted by molar-refractivity contribution is 0.143. The minimum atomic E-state index is 0.181. The van der Waals surface area contributed by atoms with E-state index in [2.05, 4.69) is 4.98 Å². The van der Waals surface area contributed by atoms with Crippen molar-refractivity contribution < 1.29 is 9.84 Å². The topological polar surface area (TPSA) is 68.4 Å². The Hall–Kier alpha value is -1.81. The summed E-state index contributed by atoms with van der Waals surface area (Å²) < 4.78 is 5.99. The quantitative estimate of drug-likeness (QED) is 0.868. The number of phenols is 1. The lowest BCUT2D eigenvalue weighted by atomic mass is 9.94. The molecule has 0 amide bonds. The van der Waals surface area contributed by atoms with Crippen molar-refractivity contribution in [3.05, 3.63) is 30.5 Å². The summed E-state index contributed by atoms with van der Waals surface area (Å²) in [7, 11) is 0. The highest BCUT2D eigenvalue weighted by Crippen LogP contribution is 2.29. The van der Waals surface area contributed by atoms with Crippen molar-refractivity contribution in [3.8, 4) is 11.6 Å². The van der Waals surface area contributed by atoms with Crippen LogP contribution in [0.25, 0.3) is 10.8 Å². The van der Waals surface area contributed by atoms with Crippen molar-refractivity contribution in [3.63, 3.8) is 0 Å². The van der Waals surface area contributed by atoms with Crippen LogP contribution in [0.5, 0.6) is 11.6 Å². The van der Waals surface area contributed by atoms with Crippen molar-refractivity contribution in [2.45, 2.75) is 37.8 Å². The molecule has 1 saturated carbocycles. The van der Waals surface area contributed by atoms with Crippen molar-refractivity contribution >= 4 is 10.8 Å². The van der Waals surface area contributed by atoms with Crippen LogP contribution in [0.4, 0.5) is 0 Å². The maximum atomic E-state index is 9.60. The number of phenolic OH excluding ortho intramolecular Hbond substituents is 1. The lowest BCUT2D eigenvalue weighted by Crippen LogP contribution is -2.31. The van der Waals surface area contributed by atoms with Gasteiger partial charge in [-0.05, 0) is 49.3 Å². The zero-order chi connectivity index (χ0) is 13.2. The first kappa shape index (κ1) is 12.2. The van der Waals surface area contributed by atoms with Gasteiger partial charge in [0, 0.05) is 17.6 Å². The SMILES string of the molecule is NC1CCC(Oc2nccc3ccc(O)cc23)CC1. The summed E-state index contributed by atoms with van der Waals surface area (Å²) in [5, 5.41) is 11.5. The predicted molar refractivity (Wildman–Crippen MR) is 74.3 cm³/mol. The number of nitrogens with zero attached hydrogens (tertiary/aromatic N) is 1. The normalized spacial score (nSPS) is 23.4. The average molecular weight is 258 g/mol. The van der Waals surface area contributed by atoms with Crippen LogP contribution in [-0.2, 0) is 0 Å². The molecule has 1 heterocycles. The van der Waals surface area contributed by atoms with Gasteiger partial charge in [-0.2, -0.15) is 0 Å². The van der Waals surface area contributed by atoms with Crippen molar-refractivity contribution in [1.82, 2.24) is 4.98 Å². The maximum Gasteiger partial charge on any atom is 0.221 e. The van der Waals surface area contributed by atoms with Crippen LogP contribution in [0.15, 0.2) is 30.5 Å². The van der Waals surface area contributed by atoms with Gasteiger partial charge < -0.3 is 15.6 Å². The van der Waals surface area contributed by atoms with Crippen molar-refractivity contribution in [2.75, 3.05) is 0 Å². The Labute approximate surface area is 112 Å². The third-order valence-corrected chi connectivity index (χ3v) is 3.71. The lowest BCUT2D eigenvalue weighted by Gasteiger charge is -2.26. The largest absolute Gasteiger partial charge is 0.508 e. The molecule has 100 valence electrons. The monoisotopic (exact) mass is 258 g/mol. The molecule has 1 aliphatic rings. The Morgan fingerprint density at radius 2 is 1.95 bits per heavy atom. The van der Waals surface area contributed by atoms with Gasteiger partial charge in [0.25, 0.3) is 0 Å². The highest BCUT2D eigenvalue weighted by Gasteiger charge is 2.20. The number of aromatic hydroxyl groups is 1. The summed E-state index contributed by atoms with van der Waals surface area (Å²) in [6.45, 7) is 0. The highest BCUT2D eigenvalue weighted by atomic mass is 16.5. The van der Waals surface area contributed by atoms with Gasteiger partial charge in [-0.3, -0.25) is 0 Å². The van der Waals surface area contributed by atoms with Crippen LogP contribution < -0.4 is 10.5 Å². The molecule has 4 nitrogen and oxygen atoms in total. The van der Waals surface area contributed by atoms with Crippen molar-refractivity contribution in [2.24, 2.45) is 5.73 Å². The molecule has 4 heteroatoms. The van der Waals surface area contributed by atoms with Crippen LogP contribution in [0.2, 0.25) is 0 Å². The number of hydrogen-bond acceptors (Lipinski definition) is 4. The molecule has 0 radical (unpaired) electrons. The first-order valence-corrected chi connectivity index (χ1v) is 6.72. The Morgan fingerprint density at radius 3 is 2.74 bits per heavy atom. The number of pyridine rings is 1. The van der Waals surface area contributed by atoms with Gasteiger partial charge in [0.05, 0.1) is 0 Å². The molecule has 3 rings (SSSR count). The number of fused-ring (bicyclic) bond motifs is 1. The Morgan fingerprint density at radius 1 is 1.16 bits per heavy atom. The molecule has 0 unspecified atom stereocenters. The van der Waals surface area contributed by atoms with Crippen LogP contribution in [0.1, 0.15) is 25.7 Å². The number of benzene rings is 1. The Bertz CT molecular complexity index is 577. The molecule has 0 atom stereocenters. The molecule has 1 aromatic heterocycles. The predicted octanol–water partition coefficient (Wildman–Crippen LogP) is 2.59. The first-order valence-electron chi connectivity index (χ1n) is 6.72. The van der Waals surface area contributed by atoms with E-state index < -0.39 is 0 Å². The van der Waals surface area contributed by atoms with E-state index in [0.717, 1.165) is 36.5 Å². The molecule has 0 aliphatic heterocycles. The number of ether oxygens (including phenoxy) is 1. The number of hydrogen-bond donors (Lipinski definition) is 2. The fourth-order valence-electron chi connectivity index (χ4n) is 2.59. The number of aromatic nitrogens is 1. The van der Waals surface area contributed by atoms with Crippen LogP contribution in [-0.4, -0.2) is 22.2 Å². The smallest absolute Gasteiger partial charge is 0.221 e. The zero-order valence-electron chi connectivity index (χ0n) is 10.7. The second-order valence-electron chi connectivity index (χ2n) is 5.18. The summed E-state index contributed by atoms with van der Waals surface area (Å²) >= 11 is 0. The third kappa shape index (κ3) is 2.63. The number of nitrogens with two attached hydrogens (primary N) is 1. The van der Waals surface area contributed by atoms with Gasteiger partial charge >= 0.3 is 0 Å². The zero-order valence-corrected chi connectivity index (χ0v) is 10.7. The van der Waals surface area contributed by atoms with Gasteiger partial charge in [-0.25, -0.2) is 4.98 Å². The minimum absolute atomic E-state index is 0.181. The Balaban J connectivity index is 1.86. The first-order chi connectivity index (χ1) is 9.22. The fraction of sp³-hybridized carbons (Fsp3) is 0.400. The third-order valence-electron chi connectivity index (χ3n) is 3.71. The average Bonchev–Trinajstić information content (AvgIpc) is 2.42. The van der Waals surface area contributed by atoms with E-state index in [9.17, 15) is 5.11 Å². The summed E-state index contributed by atoms with van der Waals surface area (Å²) in [5.41, 5.74) is 5.90. The Kier molecular flexibility index (Phi) is 3.25. The van der Waals surface area contributed by atoms with E-state index in [-0.39, 0.29) is 11.9 Å². The van der Waals surface area contributed by atoms with Gasteiger partial charge in [-0.15, -0.1) is 0 Å². The van der Waals surface area contributed by atoms with E-state index in [1.54, 1.807) is 18.3 Å². The second-order valence-corrected chi connectivity index (χ2v) is 5.18. The molecular formula is C15H18N2O2. The van der Waals surface area contributed by atoms with Gasteiger partial charge in [0.15, 0.2) is 0 Å². The van der Waals surface area contributed by atoms with Crippen LogP contribution in [0, 0.1) is 0 Å². The maximum absolute atomic E-state index is 9.60. The molecule has 0 spiro atoms. The van der Waals surface area contributed by atoms with E-state index >= 15 is 0 Å². The molecule has 19 heavy (non-hydrogen) atoms. The van der Waals surface area contributed by atoms with E-state index in [0.29, 0.717) is 11.9 Å². The molecule has 0 saturated heterocycles. The van der Waals surface area contributed by atoms with E-state index in [4.69, 9.17) is 10.5 Å². The summed E-state index contributed by atoms with van der Waals surface area (Å²) in [6, 6.07) is 7.47. The molecule has 2 aromatic rings. The standard InChI is InChI=1S/C15H18N2O2/c16-11-2-5-13(6-3-11)19-15-14-9-12(18)4-1-10(14)7-8-17-15/h1,4,7-9,11,13,18H,2-3,5-6,16H2. The summed E-state index contributed by atoms with van der Waals surface area (Å²) in [6.07, 6.45) is 5.86. The van der Waals surface area contributed by atoms with E-state index in [1.165, 1.54) is 0 Å². The molecule has 3 N–H and O–H groups in total. The number of rotatable bonds is 2. The molecule has 1 aliphatic carbocycles. The van der Waals surface area contributed by atoms with Gasteiger partial charge in [0.1, 0.15) is 11.9 Å². The second kappa shape index (κ2) is 5.05.